The van der Waals surface area contributed by atoms with E-state index in [2.05, 4.69) is 12.6 Å². The zero-order valence-corrected chi connectivity index (χ0v) is 5.92. The van der Waals surface area contributed by atoms with Crippen molar-refractivity contribution in [3.8, 4) is 0 Å². The molecule has 0 bridgehead atoms. The predicted molar refractivity (Wildman–Crippen MR) is 38.5 cm³/mol. The lowest BCUT2D eigenvalue weighted by Gasteiger charge is -2.09. The molecule has 0 aliphatic heterocycles. The molecule has 2 unspecified atom stereocenters. The molecule has 4 heteroatoms. The van der Waals surface area contributed by atoms with Crippen LogP contribution in [0.4, 0.5) is 0 Å². The van der Waals surface area contributed by atoms with E-state index in [1.807, 2.05) is 0 Å². The average Bonchev–Trinajstić information content (AvgIpc) is 1.87. The number of thiol groups is 1. The number of aliphatic hydroxyl groups is 1. The Morgan fingerprint density at radius 3 is 2.67 bits per heavy atom. The van der Waals surface area contributed by atoms with Gasteiger partial charge >= 0.3 is 0 Å². The topological polar surface area (TPSA) is 63.3 Å². The second kappa shape index (κ2) is 4.78. The van der Waals surface area contributed by atoms with Crippen molar-refractivity contribution in [1.29, 1.82) is 0 Å². The molecule has 0 aromatic rings. The van der Waals surface area contributed by atoms with Gasteiger partial charge in [0.2, 0.25) is 0 Å². The van der Waals surface area contributed by atoms with E-state index in [0.29, 0.717) is 19.3 Å². The lowest BCUT2D eigenvalue weighted by molar-refractivity contribution is -0.114. The molecule has 0 fully saturated rings. The molecule has 0 radical (unpaired) electrons. The first-order chi connectivity index (χ1) is 4.22. The lowest BCUT2D eigenvalue weighted by Crippen LogP contribution is -2.24. The van der Waals surface area contributed by atoms with E-state index >= 15 is 0 Å². The van der Waals surface area contributed by atoms with Crippen LogP contribution in [0, 0.1) is 0 Å². The highest BCUT2D eigenvalue weighted by molar-refractivity contribution is 7.81. The van der Waals surface area contributed by atoms with Gasteiger partial charge in [-0.1, -0.05) is 0 Å². The molecule has 3 N–H and O–H groups in total. The average molecular weight is 149 g/mol. The number of hydrogen-bond acceptors (Lipinski definition) is 4. The summed E-state index contributed by atoms with van der Waals surface area (Å²) in [6, 6.07) is 0. The van der Waals surface area contributed by atoms with E-state index in [9.17, 15) is 4.79 Å². The minimum Gasteiger partial charge on any atom is -0.384 e. The van der Waals surface area contributed by atoms with Crippen LogP contribution in [-0.4, -0.2) is 29.3 Å². The van der Waals surface area contributed by atoms with Gasteiger partial charge in [0.1, 0.15) is 12.4 Å². The van der Waals surface area contributed by atoms with Gasteiger partial charge in [0, 0.05) is 5.25 Å². The molecule has 0 heterocycles. The van der Waals surface area contributed by atoms with E-state index < -0.39 is 6.10 Å². The van der Waals surface area contributed by atoms with E-state index in [-0.39, 0.29) is 5.25 Å². The Bertz CT molecular complexity index is 89.0. The summed E-state index contributed by atoms with van der Waals surface area (Å²) in [5.41, 5.74) is 5.15. The zero-order chi connectivity index (χ0) is 7.28. The third-order valence-electron chi connectivity index (χ3n) is 0.996. The Kier molecular flexibility index (Phi) is 4.75. The van der Waals surface area contributed by atoms with Crippen LogP contribution in [0.3, 0.4) is 0 Å². The normalized spacial score (nSPS) is 16.8. The molecule has 0 aliphatic rings. The van der Waals surface area contributed by atoms with Crippen LogP contribution >= 0.6 is 12.6 Å². The van der Waals surface area contributed by atoms with E-state index in [1.165, 1.54) is 0 Å². The largest absolute Gasteiger partial charge is 0.384 e. The van der Waals surface area contributed by atoms with Gasteiger partial charge in [0.05, 0.1) is 0 Å². The van der Waals surface area contributed by atoms with Gasteiger partial charge in [0.15, 0.2) is 0 Å². The van der Waals surface area contributed by atoms with E-state index in [1.54, 1.807) is 0 Å². The zero-order valence-electron chi connectivity index (χ0n) is 5.03. The van der Waals surface area contributed by atoms with Crippen LogP contribution in [0.5, 0.6) is 0 Å². The SMILES string of the molecule is NCCC(S)C(O)C=O. The second-order valence-corrected chi connectivity index (χ2v) is 2.43. The van der Waals surface area contributed by atoms with Gasteiger partial charge in [-0.05, 0) is 13.0 Å². The molecule has 2 atom stereocenters. The summed E-state index contributed by atoms with van der Waals surface area (Å²) in [7, 11) is 0. The maximum absolute atomic E-state index is 9.88. The fourth-order valence-electron chi connectivity index (χ4n) is 0.432. The van der Waals surface area contributed by atoms with Crippen LogP contribution in [0.2, 0.25) is 0 Å². The van der Waals surface area contributed by atoms with Crippen molar-refractivity contribution >= 4 is 18.9 Å². The number of carbonyl (C=O) groups is 1. The van der Waals surface area contributed by atoms with Crippen LogP contribution < -0.4 is 5.73 Å². The molecule has 0 amide bonds. The minimum absolute atomic E-state index is 0.313. The summed E-state index contributed by atoms with van der Waals surface area (Å²) in [4.78, 5) is 9.88. The Hall–Kier alpha value is -0.0600. The Morgan fingerprint density at radius 2 is 2.33 bits per heavy atom. The number of carbonyl (C=O) groups excluding carboxylic acids is 1. The highest BCUT2D eigenvalue weighted by Gasteiger charge is 2.11. The van der Waals surface area contributed by atoms with Crippen LogP contribution in [-0.2, 0) is 4.79 Å². The maximum Gasteiger partial charge on any atom is 0.149 e. The van der Waals surface area contributed by atoms with Gasteiger partial charge in [-0.2, -0.15) is 12.6 Å². The molecule has 0 saturated heterocycles. The standard InChI is InChI=1S/C5H11NO2S/c6-2-1-5(9)4(8)3-7/h3-5,8-9H,1-2,6H2. The van der Waals surface area contributed by atoms with Gasteiger partial charge in [0.25, 0.3) is 0 Å². The summed E-state index contributed by atoms with van der Waals surface area (Å²) in [6.45, 7) is 0.444. The maximum atomic E-state index is 9.88. The van der Waals surface area contributed by atoms with Crippen molar-refractivity contribution in [2.75, 3.05) is 6.54 Å². The van der Waals surface area contributed by atoms with Crippen molar-refractivity contribution in [2.45, 2.75) is 17.8 Å². The van der Waals surface area contributed by atoms with Gasteiger partial charge < -0.3 is 15.6 Å². The third-order valence-corrected chi connectivity index (χ3v) is 1.56. The Balaban J connectivity index is 3.44. The summed E-state index contributed by atoms with van der Waals surface area (Å²) in [5, 5.41) is 8.45. The highest BCUT2D eigenvalue weighted by atomic mass is 32.1. The first kappa shape index (κ1) is 8.94. The van der Waals surface area contributed by atoms with Crippen molar-refractivity contribution in [3.05, 3.63) is 0 Å². The smallest absolute Gasteiger partial charge is 0.149 e. The fraction of sp³-hybridized carbons (Fsp3) is 0.800. The first-order valence-electron chi connectivity index (χ1n) is 2.74. The van der Waals surface area contributed by atoms with E-state index in [4.69, 9.17) is 10.8 Å². The summed E-state index contributed by atoms with van der Waals surface area (Å²) < 4.78 is 0. The number of nitrogens with two attached hydrogens (primary N) is 1. The molecule has 0 rings (SSSR count). The van der Waals surface area contributed by atoms with Crippen molar-refractivity contribution < 1.29 is 9.90 Å². The fourth-order valence-corrected chi connectivity index (χ4v) is 0.652. The number of aldehydes is 1. The van der Waals surface area contributed by atoms with Crippen LogP contribution in [0.1, 0.15) is 6.42 Å². The number of aliphatic hydroxyl groups excluding tert-OH is 1. The Morgan fingerprint density at radius 1 is 1.78 bits per heavy atom. The molecule has 3 nitrogen and oxygen atoms in total. The highest BCUT2D eigenvalue weighted by Crippen LogP contribution is 2.03. The number of hydrogen-bond donors (Lipinski definition) is 3. The molecule has 9 heavy (non-hydrogen) atoms. The lowest BCUT2D eigenvalue weighted by atomic mass is 10.2. The van der Waals surface area contributed by atoms with Crippen molar-refractivity contribution in [1.82, 2.24) is 0 Å². The van der Waals surface area contributed by atoms with Gasteiger partial charge in [-0.3, -0.25) is 0 Å². The molecule has 0 saturated carbocycles. The second-order valence-electron chi connectivity index (χ2n) is 1.77. The summed E-state index contributed by atoms with van der Waals surface area (Å²) in [6.07, 6.45) is 0.0490. The first-order valence-corrected chi connectivity index (χ1v) is 3.25. The quantitative estimate of drug-likeness (QED) is 0.362. The third kappa shape index (κ3) is 3.51. The molecule has 0 aromatic heterocycles. The minimum atomic E-state index is -0.975. The molecule has 0 aromatic carbocycles. The van der Waals surface area contributed by atoms with Gasteiger partial charge in [-0.25, -0.2) is 0 Å². The van der Waals surface area contributed by atoms with Crippen LogP contribution in [0.25, 0.3) is 0 Å². The molecular weight excluding hydrogens is 138 g/mol. The van der Waals surface area contributed by atoms with Gasteiger partial charge in [-0.15, -0.1) is 0 Å². The van der Waals surface area contributed by atoms with Crippen molar-refractivity contribution in [3.63, 3.8) is 0 Å². The molecule has 0 aliphatic carbocycles. The molecule has 0 spiro atoms. The monoisotopic (exact) mass is 149 g/mol. The Labute approximate surface area is 59.6 Å². The predicted octanol–water partition coefficient (Wildman–Crippen LogP) is -0.807. The summed E-state index contributed by atoms with van der Waals surface area (Å²) in [5.74, 6) is 0. The number of rotatable bonds is 4. The van der Waals surface area contributed by atoms with E-state index in [0.717, 1.165) is 0 Å². The van der Waals surface area contributed by atoms with Crippen LogP contribution in [0.15, 0.2) is 0 Å². The summed E-state index contributed by atoms with van der Waals surface area (Å²) >= 11 is 3.92. The molecule has 54 valence electrons. The van der Waals surface area contributed by atoms with Crippen molar-refractivity contribution in [2.24, 2.45) is 5.73 Å². The molecular formula is C5H11NO2S.